The molecular formula is C18H28N6O3S. The number of anilines is 2. The Morgan fingerprint density at radius 2 is 1.86 bits per heavy atom. The lowest BCUT2D eigenvalue weighted by molar-refractivity contribution is 0.303. The van der Waals surface area contributed by atoms with Gasteiger partial charge in [0.1, 0.15) is 5.82 Å². The molecule has 0 spiro atoms. The van der Waals surface area contributed by atoms with E-state index in [9.17, 15) is 9.00 Å². The van der Waals surface area contributed by atoms with Crippen molar-refractivity contribution < 1.29 is 8.76 Å². The summed E-state index contributed by atoms with van der Waals surface area (Å²) in [7, 11) is 1.53. The molecule has 28 heavy (non-hydrogen) atoms. The summed E-state index contributed by atoms with van der Waals surface area (Å²) in [6, 6.07) is 7.15. The van der Waals surface area contributed by atoms with Crippen molar-refractivity contribution in [2.24, 2.45) is 0 Å². The van der Waals surface area contributed by atoms with Crippen LogP contribution in [-0.2, 0) is 17.7 Å². The summed E-state index contributed by atoms with van der Waals surface area (Å²) in [5.74, 6) is 0.836. The predicted octanol–water partition coefficient (Wildman–Crippen LogP) is 1.47. The molecule has 1 heterocycles. The second kappa shape index (κ2) is 10.9. The van der Waals surface area contributed by atoms with E-state index in [-0.39, 0.29) is 0 Å². The Bertz CT molecular complexity index is 823. The van der Waals surface area contributed by atoms with Crippen LogP contribution in [0.1, 0.15) is 31.7 Å². The monoisotopic (exact) mass is 408 g/mol. The van der Waals surface area contributed by atoms with Crippen LogP contribution in [0, 0.1) is 0 Å². The summed E-state index contributed by atoms with van der Waals surface area (Å²) >= 11 is -2.07. The molecule has 0 radical (unpaired) electrons. The van der Waals surface area contributed by atoms with Gasteiger partial charge in [0.25, 0.3) is 11.3 Å². The Balaban J connectivity index is 1.97. The lowest BCUT2D eigenvalue weighted by Crippen LogP contribution is -2.26. The molecule has 10 heteroatoms. The van der Waals surface area contributed by atoms with E-state index in [1.54, 1.807) is 12.1 Å². The van der Waals surface area contributed by atoms with Crippen molar-refractivity contribution >= 4 is 22.9 Å². The smallest absolute Gasteiger partial charge is 0.349 e. The first-order chi connectivity index (χ1) is 13.4. The van der Waals surface area contributed by atoms with Crippen LogP contribution in [0.5, 0.6) is 0 Å². The fourth-order valence-electron chi connectivity index (χ4n) is 2.74. The first kappa shape index (κ1) is 22.0. The fraction of sp³-hybridized carbons (Fsp3) is 0.500. The summed E-state index contributed by atoms with van der Waals surface area (Å²) in [6.45, 7) is 7.98. The summed E-state index contributed by atoms with van der Waals surface area (Å²) in [4.78, 5) is 25.1. The van der Waals surface area contributed by atoms with E-state index in [1.807, 2.05) is 12.1 Å². The van der Waals surface area contributed by atoms with Crippen molar-refractivity contribution in [1.29, 1.82) is 0 Å². The van der Waals surface area contributed by atoms with Gasteiger partial charge in [-0.25, -0.2) is 9.00 Å². The van der Waals surface area contributed by atoms with Gasteiger partial charge < -0.3 is 10.2 Å². The van der Waals surface area contributed by atoms with Crippen LogP contribution in [-0.4, -0.2) is 61.8 Å². The molecular weight excluding hydrogens is 380 g/mol. The van der Waals surface area contributed by atoms with Gasteiger partial charge in [-0.2, -0.15) is 9.97 Å². The first-order valence-corrected chi connectivity index (χ1v) is 10.4. The average molecular weight is 409 g/mol. The van der Waals surface area contributed by atoms with E-state index in [1.165, 1.54) is 11.4 Å². The molecule has 2 rings (SSSR count). The number of hydrogen-bond acceptors (Lipinski definition) is 6. The van der Waals surface area contributed by atoms with E-state index in [0.717, 1.165) is 31.6 Å². The van der Waals surface area contributed by atoms with Crippen molar-refractivity contribution in [2.75, 3.05) is 42.8 Å². The standard InChI is InChI=1S/C18H28N6O3S/c1-4-24(5-2)12-6-11-19-17-20-16(21-18(25)22-17)13-14-7-9-15(10-8-14)23(3)28(26)27/h7-10H,4-6,11-13H2,1-3H3,(H,26,27)(H2,19,20,21,22,25). The van der Waals surface area contributed by atoms with Gasteiger partial charge in [-0.3, -0.25) is 13.8 Å². The van der Waals surface area contributed by atoms with Gasteiger partial charge in [0, 0.05) is 20.0 Å². The Kier molecular flexibility index (Phi) is 8.55. The highest BCUT2D eigenvalue weighted by atomic mass is 32.2. The van der Waals surface area contributed by atoms with Crippen molar-refractivity contribution in [2.45, 2.75) is 26.7 Å². The van der Waals surface area contributed by atoms with Gasteiger partial charge in [0.05, 0.1) is 5.69 Å². The first-order valence-electron chi connectivity index (χ1n) is 9.30. The molecule has 1 unspecified atom stereocenters. The summed E-state index contributed by atoms with van der Waals surface area (Å²) in [5.41, 5.74) is 1.10. The Labute approximate surface area is 167 Å². The van der Waals surface area contributed by atoms with Gasteiger partial charge in [-0.15, -0.1) is 0 Å². The second-order valence-electron chi connectivity index (χ2n) is 6.30. The third-order valence-corrected chi connectivity index (χ3v) is 5.11. The number of rotatable bonds is 11. The molecule has 3 N–H and O–H groups in total. The third kappa shape index (κ3) is 6.70. The second-order valence-corrected chi connectivity index (χ2v) is 7.31. The van der Waals surface area contributed by atoms with E-state index < -0.39 is 17.0 Å². The zero-order valence-corrected chi connectivity index (χ0v) is 17.3. The maximum Gasteiger partial charge on any atom is 0.349 e. The van der Waals surface area contributed by atoms with Crippen LogP contribution in [0.4, 0.5) is 11.6 Å². The highest BCUT2D eigenvalue weighted by molar-refractivity contribution is 7.80. The SMILES string of the molecule is CCN(CC)CCCNc1nc(Cc2ccc(N(C)S(=O)O)cc2)[nH]c(=O)n1. The van der Waals surface area contributed by atoms with Gasteiger partial charge in [-0.1, -0.05) is 26.0 Å². The number of aromatic amines is 1. The van der Waals surface area contributed by atoms with Crippen molar-refractivity contribution in [1.82, 2.24) is 19.9 Å². The lowest BCUT2D eigenvalue weighted by Gasteiger charge is -2.17. The molecule has 0 amide bonds. The molecule has 0 aliphatic rings. The minimum Gasteiger partial charge on any atom is -0.354 e. The molecule has 1 aromatic heterocycles. The van der Waals surface area contributed by atoms with Crippen LogP contribution in [0.2, 0.25) is 0 Å². The summed E-state index contributed by atoms with van der Waals surface area (Å²) < 4.78 is 21.5. The molecule has 0 aliphatic carbocycles. The van der Waals surface area contributed by atoms with Gasteiger partial charge in [-0.05, 0) is 43.8 Å². The number of aromatic nitrogens is 3. The lowest BCUT2D eigenvalue weighted by atomic mass is 10.1. The van der Waals surface area contributed by atoms with Crippen LogP contribution in [0.3, 0.4) is 0 Å². The Hall–Kier alpha value is -2.30. The molecule has 1 atom stereocenters. The molecule has 9 nitrogen and oxygen atoms in total. The van der Waals surface area contributed by atoms with Crippen molar-refractivity contribution in [3.05, 3.63) is 46.1 Å². The Morgan fingerprint density at radius 3 is 2.46 bits per heavy atom. The highest BCUT2D eigenvalue weighted by Crippen LogP contribution is 2.16. The maximum absolute atomic E-state index is 11.8. The summed E-state index contributed by atoms with van der Waals surface area (Å²) in [5, 5.41) is 3.11. The van der Waals surface area contributed by atoms with Gasteiger partial charge >= 0.3 is 5.69 Å². The molecule has 2 aromatic rings. The van der Waals surface area contributed by atoms with E-state index in [0.29, 0.717) is 30.4 Å². The molecule has 0 saturated heterocycles. The highest BCUT2D eigenvalue weighted by Gasteiger charge is 2.08. The van der Waals surface area contributed by atoms with Crippen molar-refractivity contribution in [3.8, 4) is 0 Å². The zero-order chi connectivity index (χ0) is 20.5. The number of hydrogen-bond donors (Lipinski definition) is 3. The normalized spacial score (nSPS) is 12.2. The largest absolute Gasteiger partial charge is 0.354 e. The van der Waals surface area contributed by atoms with E-state index in [2.05, 4.69) is 39.0 Å². The maximum atomic E-state index is 11.8. The molecule has 1 aromatic carbocycles. The summed E-state index contributed by atoms with van der Waals surface area (Å²) in [6.07, 6.45) is 1.37. The van der Waals surface area contributed by atoms with Crippen LogP contribution < -0.4 is 15.3 Å². The van der Waals surface area contributed by atoms with E-state index >= 15 is 0 Å². The molecule has 0 bridgehead atoms. The fourth-order valence-corrected chi connectivity index (χ4v) is 3.04. The van der Waals surface area contributed by atoms with Crippen LogP contribution >= 0.6 is 0 Å². The van der Waals surface area contributed by atoms with Gasteiger partial charge in [0.15, 0.2) is 0 Å². The number of H-pyrrole nitrogens is 1. The Morgan fingerprint density at radius 1 is 1.18 bits per heavy atom. The molecule has 0 saturated carbocycles. The van der Waals surface area contributed by atoms with Crippen LogP contribution in [0.15, 0.2) is 29.1 Å². The minimum atomic E-state index is -2.07. The van der Waals surface area contributed by atoms with Gasteiger partial charge in [0.2, 0.25) is 5.95 Å². The number of nitrogens with one attached hydrogen (secondary N) is 2. The predicted molar refractivity (Wildman–Crippen MR) is 112 cm³/mol. The van der Waals surface area contributed by atoms with Crippen molar-refractivity contribution in [3.63, 3.8) is 0 Å². The van der Waals surface area contributed by atoms with Crippen LogP contribution in [0.25, 0.3) is 0 Å². The number of nitrogens with zero attached hydrogens (tertiary/aromatic N) is 4. The third-order valence-electron chi connectivity index (χ3n) is 4.43. The minimum absolute atomic E-state index is 0.324. The topological polar surface area (TPSA) is 114 Å². The molecule has 0 aliphatic heterocycles. The number of benzene rings is 1. The quantitative estimate of drug-likeness (QED) is 0.381. The molecule has 154 valence electrons. The zero-order valence-electron chi connectivity index (χ0n) is 16.5. The van der Waals surface area contributed by atoms with E-state index in [4.69, 9.17) is 4.55 Å². The molecule has 0 fully saturated rings. The average Bonchev–Trinajstić information content (AvgIpc) is 2.67.